The molecule has 0 bridgehead atoms. The van der Waals surface area contributed by atoms with E-state index < -0.39 is 12.1 Å². The molecule has 162 valence electrons. The quantitative estimate of drug-likeness (QED) is 0.309. The molecule has 0 aromatic heterocycles. The van der Waals surface area contributed by atoms with Crippen molar-refractivity contribution in [3.63, 3.8) is 0 Å². The Bertz CT molecular complexity index is 539. The Hall–Kier alpha value is -0.810. The van der Waals surface area contributed by atoms with E-state index in [0.29, 0.717) is 12.2 Å². The monoisotopic (exact) mass is 412 g/mol. The standard InChI is InChI=1S/C23H40O4S/c1-6-7-14-22(2,3)18(24)13-12-17-16-23(4,5)21(27)20(17)28-15-10-8-9-11-19(25)26/h12-13,17-18,20,24H,6-11,14-16H2,1-5H3,(H,25,26)/b13-12+/t17-,18-,20+/m0/s1. The van der Waals surface area contributed by atoms with Gasteiger partial charge in [0.2, 0.25) is 0 Å². The van der Waals surface area contributed by atoms with Gasteiger partial charge < -0.3 is 10.2 Å². The van der Waals surface area contributed by atoms with Gasteiger partial charge in [0.1, 0.15) is 0 Å². The van der Waals surface area contributed by atoms with Gasteiger partial charge in [-0.1, -0.05) is 66.0 Å². The number of unbranched alkanes of at least 4 members (excludes halogenated alkanes) is 3. The van der Waals surface area contributed by atoms with E-state index in [-0.39, 0.29) is 28.4 Å². The second kappa shape index (κ2) is 11.4. The van der Waals surface area contributed by atoms with Gasteiger partial charge in [-0.15, -0.1) is 11.8 Å². The van der Waals surface area contributed by atoms with E-state index in [9.17, 15) is 14.7 Å². The van der Waals surface area contributed by atoms with Crippen LogP contribution in [0.2, 0.25) is 0 Å². The van der Waals surface area contributed by atoms with E-state index in [2.05, 4.69) is 26.8 Å². The van der Waals surface area contributed by atoms with Crippen LogP contribution in [0, 0.1) is 16.7 Å². The van der Waals surface area contributed by atoms with Gasteiger partial charge in [0.15, 0.2) is 5.78 Å². The highest BCUT2D eigenvalue weighted by Crippen LogP contribution is 2.44. The number of Topliss-reactive ketones (excluding diaryl/α,β-unsaturated/α-hetero) is 1. The number of hydrogen-bond acceptors (Lipinski definition) is 4. The summed E-state index contributed by atoms with van der Waals surface area (Å²) in [5, 5.41) is 19.3. The van der Waals surface area contributed by atoms with Crippen molar-refractivity contribution < 1.29 is 19.8 Å². The van der Waals surface area contributed by atoms with Crippen LogP contribution in [-0.2, 0) is 9.59 Å². The Morgan fingerprint density at radius 1 is 1.29 bits per heavy atom. The molecule has 0 unspecified atom stereocenters. The molecule has 0 amide bonds. The number of rotatable bonds is 13. The van der Waals surface area contributed by atoms with E-state index in [1.165, 1.54) is 0 Å². The number of hydrogen-bond donors (Lipinski definition) is 2. The highest BCUT2D eigenvalue weighted by Gasteiger charge is 2.46. The molecule has 1 fully saturated rings. The van der Waals surface area contributed by atoms with Crippen molar-refractivity contribution in [1.29, 1.82) is 0 Å². The molecule has 5 heteroatoms. The van der Waals surface area contributed by atoms with E-state index in [0.717, 1.165) is 44.3 Å². The van der Waals surface area contributed by atoms with Crippen molar-refractivity contribution >= 4 is 23.5 Å². The second-order valence-electron chi connectivity index (χ2n) is 9.53. The van der Waals surface area contributed by atoms with E-state index in [1.54, 1.807) is 11.8 Å². The maximum atomic E-state index is 12.8. The van der Waals surface area contributed by atoms with Crippen LogP contribution in [0.1, 0.15) is 86.0 Å². The summed E-state index contributed by atoms with van der Waals surface area (Å²) in [6.45, 7) is 10.4. The first-order chi connectivity index (χ1) is 13.0. The van der Waals surface area contributed by atoms with Crippen molar-refractivity contribution in [2.24, 2.45) is 16.7 Å². The summed E-state index contributed by atoms with van der Waals surface area (Å²) in [7, 11) is 0. The first-order valence-corrected chi connectivity index (χ1v) is 11.8. The first-order valence-electron chi connectivity index (χ1n) is 10.8. The normalized spacial score (nSPS) is 23.4. The largest absolute Gasteiger partial charge is 0.481 e. The lowest BCUT2D eigenvalue weighted by atomic mass is 9.81. The molecular weight excluding hydrogens is 372 g/mol. The molecular formula is C23H40O4S. The van der Waals surface area contributed by atoms with Gasteiger partial charge >= 0.3 is 5.97 Å². The van der Waals surface area contributed by atoms with E-state index >= 15 is 0 Å². The Kier molecular flexibility index (Phi) is 10.3. The minimum atomic E-state index is -0.744. The maximum absolute atomic E-state index is 12.8. The minimum absolute atomic E-state index is 0.0586. The molecule has 0 aromatic carbocycles. The van der Waals surface area contributed by atoms with Gasteiger partial charge in [0.05, 0.1) is 11.4 Å². The van der Waals surface area contributed by atoms with Crippen LogP contribution in [0.15, 0.2) is 12.2 Å². The third-order valence-electron chi connectivity index (χ3n) is 5.91. The molecule has 0 saturated heterocycles. The van der Waals surface area contributed by atoms with E-state index in [4.69, 9.17) is 5.11 Å². The fourth-order valence-corrected chi connectivity index (χ4v) is 5.33. The summed E-state index contributed by atoms with van der Waals surface area (Å²) in [6.07, 6.45) is 10.3. The maximum Gasteiger partial charge on any atom is 0.303 e. The van der Waals surface area contributed by atoms with Gasteiger partial charge in [0, 0.05) is 11.8 Å². The molecule has 0 aliphatic heterocycles. The van der Waals surface area contributed by atoms with Crippen molar-refractivity contribution in [2.75, 3.05) is 5.75 Å². The van der Waals surface area contributed by atoms with Crippen molar-refractivity contribution in [3.8, 4) is 0 Å². The van der Waals surface area contributed by atoms with Crippen LogP contribution >= 0.6 is 11.8 Å². The summed E-state index contributed by atoms with van der Waals surface area (Å²) in [5.74, 6) is 0.590. The van der Waals surface area contributed by atoms with Crippen LogP contribution in [0.5, 0.6) is 0 Å². The smallest absolute Gasteiger partial charge is 0.303 e. The number of allylic oxidation sites excluding steroid dienone is 1. The number of aliphatic carboxylic acids is 1. The molecule has 1 saturated carbocycles. The van der Waals surface area contributed by atoms with Crippen LogP contribution in [-0.4, -0.2) is 39.1 Å². The summed E-state index contributed by atoms with van der Waals surface area (Å²) >= 11 is 1.70. The molecule has 1 rings (SSSR count). The van der Waals surface area contributed by atoms with Gasteiger partial charge in [-0.25, -0.2) is 0 Å². The van der Waals surface area contributed by atoms with E-state index in [1.807, 2.05) is 19.9 Å². The predicted molar refractivity (Wildman–Crippen MR) is 118 cm³/mol. The number of thioether (sulfide) groups is 1. The molecule has 0 radical (unpaired) electrons. The van der Waals surface area contributed by atoms with Gasteiger partial charge in [-0.2, -0.15) is 0 Å². The summed E-state index contributed by atoms with van der Waals surface area (Å²) < 4.78 is 0. The number of ketones is 1. The van der Waals surface area contributed by atoms with Crippen LogP contribution in [0.25, 0.3) is 0 Å². The molecule has 1 aliphatic rings. The molecule has 1 aliphatic carbocycles. The lowest BCUT2D eigenvalue weighted by Gasteiger charge is -2.29. The van der Waals surface area contributed by atoms with Crippen molar-refractivity contribution in [2.45, 2.75) is 97.3 Å². The van der Waals surface area contributed by atoms with Crippen LogP contribution in [0.4, 0.5) is 0 Å². The molecule has 0 aromatic rings. The molecule has 0 spiro atoms. The summed E-state index contributed by atoms with van der Waals surface area (Å²) in [6, 6.07) is 0. The SMILES string of the molecule is CCCCC(C)(C)[C@@H](O)/C=C/[C@H]1CC(C)(C)C(=O)[C@@H]1SCCCCCC(=O)O. The topological polar surface area (TPSA) is 74.6 Å². The van der Waals surface area contributed by atoms with Crippen LogP contribution in [0.3, 0.4) is 0 Å². The average molecular weight is 413 g/mol. The highest BCUT2D eigenvalue weighted by molar-refractivity contribution is 8.00. The third-order valence-corrected chi connectivity index (χ3v) is 7.36. The first kappa shape index (κ1) is 25.2. The van der Waals surface area contributed by atoms with Crippen LogP contribution < -0.4 is 0 Å². The van der Waals surface area contributed by atoms with Gasteiger partial charge in [-0.05, 0) is 42.8 Å². The second-order valence-corrected chi connectivity index (χ2v) is 10.8. The minimum Gasteiger partial charge on any atom is -0.481 e. The number of carboxylic acid groups (broad SMARTS) is 1. The predicted octanol–water partition coefficient (Wildman–Crippen LogP) is 5.48. The number of carboxylic acids is 1. The van der Waals surface area contributed by atoms with Gasteiger partial charge in [-0.3, -0.25) is 9.59 Å². The Morgan fingerprint density at radius 3 is 2.57 bits per heavy atom. The zero-order valence-corrected chi connectivity index (χ0v) is 19.2. The Morgan fingerprint density at radius 2 is 1.96 bits per heavy atom. The number of aliphatic hydroxyl groups excluding tert-OH is 1. The zero-order chi connectivity index (χ0) is 21.4. The highest BCUT2D eigenvalue weighted by atomic mass is 32.2. The molecule has 2 N–H and O–H groups in total. The lowest BCUT2D eigenvalue weighted by molar-refractivity contribution is -0.137. The Balaban J connectivity index is 2.63. The fraction of sp³-hybridized carbons (Fsp3) is 0.826. The third kappa shape index (κ3) is 7.90. The fourth-order valence-electron chi connectivity index (χ4n) is 3.80. The number of carbonyl (C=O) groups excluding carboxylic acids is 1. The number of carbonyl (C=O) groups is 2. The zero-order valence-electron chi connectivity index (χ0n) is 18.4. The van der Waals surface area contributed by atoms with Gasteiger partial charge in [0.25, 0.3) is 0 Å². The molecule has 4 nitrogen and oxygen atoms in total. The lowest BCUT2D eigenvalue weighted by Crippen LogP contribution is -2.28. The molecule has 0 heterocycles. The van der Waals surface area contributed by atoms with Crippen molar-refractivity contribution in [1.82, 2.24) is 0 Å². The molecule has 3 atom stereocenters. The van der Waals surface area contributed by atoms with Crippen molar-refractivity contribution in [3.05, 3.63) is 12.2 Å². The summed E-state index contributed by atoms with van der Waals surface area (Å²) in [5.41, 5.74) is -0.476. The molecule has 28 heavy (non-hydrogen) atoms. The Labute approximate surface area is 175 Å². The average Bonchev–Trinajstić information content (AvgIpc) is 2.83. The number of aliphatic hydroxyl groups is 1. The summed E-state index contributed by atoms with van der Waals surface area (Å²) in [4.78, 5) is 23.4.